The number of hydrogen-bond donors (Lipinski definition) is 0. The van der Waals surface area contributed by atoms with Crippen LogP contribution in [0.1, 0.15) is 39.5 Å². The van der Waals surface area contributed by atoms with Crippen molar-refractivity contribution in [1.82, 2.24) is 0 Å². The fourth-order valence-electron chi connectivity index (χ4n) is 2.90. The van der Waals surface area contributed by atoms with Crippen LogP contribution in [-0.2, 0) is 0 Å². The van der Waals surface area contributed by atoms with Crippen molar-refractivity contribution < 1.29 is 0 Å². The number of nitrogens with zero attached hydrogens (tertiary/aromatic N) is 1. The van der Waals surface area contributed by atoms with Gasteiger partial charge in [-0.15, -0.1) is 6.58 Å². The summed E-state index contributed by atoms with van der Waals surface area (Å²) in [5.74, 6) is 0. The van der Waals surface area contributed by atoms with Crippen LogP contribution in [0.3, 0.4) is 0 Å². The number of benzene rings is 1. The minimum absolute atomic E-state index is 0.552. The molecule has 1 aromatic rings. The van der Waals surface area contributed by atoms with E-state index in [1.54, 1.807) is 0 Å². The predicted octanol–water partition coefficient (Wildman–Crippen LogP) is 4.96. The first-order valence-electron chi connectivity index (χ1n) is 7.28. The van der Waals surface area contributed by atoms with Crippen molar-refractivity contribution >= 4 is 5.69 Å². The van der Waals surface area contributed by atoms with E-state index in [2.05, 4.69) is 61.7 Å². The third-order valence-corrected chi connectivity index (χ3v) is 3.77. The summed E-state index contributed by atoms with van der Waals surface area (Å²) in [4.78, 5) is 2.57. The predicted molar refractivity (Wildman–Crippen MR) is 84.6 cm³/mol. The number of allylic oxidation sites excluding steroid dienone is 1. The molecular formula is C18H25N. The van der Waals surface area contributed by atoms with Gasteiger partial charge in [0.05, 0.1) is 0 Å². The zero-order valence-corrected chi connectivity index (χ0v) is 12.2. The van der Waals surface area contributed by atoms with Gasteiger partial charge in [-0.25, -0.2) is 0 Å². The normalized spacial score (nSPS) is 23.2. The maximum atomic E-state index is 4.11. The second kappa shape index (κ2) is 6.60. The molecule has 0 fully saturated rings. The highest BCUT2D eigenvalue weighted by molar-refractivity contribution is 5.47. The van der Waals surface area contributed by atoms with Crippen LogP contribution in [-0.4, -0.2) is 12.6 Å². The largest absolute Gasteiger partial charge is 0.368 e. The van der Waals surface area contributed by atoms with Crippen molar-refractivity contribution in [2.45, 2.75) is 45.6 Å². The summed E-state index contributed by atoms with van der Waals surface area (Å²) in [5, 5.41) is 0. The lowest BCUT2D eigenvalue weighted by atomic mass is 9.96. The van der Waals surface area contributed by atoms with Gasteiger partial charge in [0, 0.05) is 18.3 Å². The lowest BCUT2D eigenvalue weighted by Crippen LogP contribution is -2.37. The van der Waals surface area contributed by atoms with Crippen LogP contribution in [0, 0.1) is 0 Å². The van der Waals surface area contributed by atoms with Gasteiger partial charge in [0.2, 0.25) is 0 Å². The zero-order valence-electron chi connectivity index (χ0n) is 12.2. The van der Waals surface area contributed by atoms with E-state index in [4.69, 9.17) is 0 Å². The SMILES string of the molecule is C=C(C)C[C@H]1C/C(C)=C\CCCN1c1ccccc1. The minimum atomic E-state index is 0.552. The highest BCUT2D eigenvalue weighted by Crippen LogP contribution is 2.27. The Kier molecular flexibility index (Phi) is 4.84. The minimum Gasteiger partial charge on any atom is -0.368 e. The van der Waals surface area contributed by atoms with E-state index in [9.17, 15) is 0 Å². The van der Waals surface area contributed by atoms with E-state index < -0.39 is 0 Å². The first-order chi connectivity index (χ1) is 9.16. The van der Waals surface area contributed by atoms with E-state index >= 15 is 0 Å². The quantitative estimate of drug-likeness (QED) is 0.690. The average Bonchev–Trinajstić information content (AvgIpc) is 2.36. The van der Waals surface area contributed by atoms with Gasteiger partial charge in [-0.2, -0.15) is 0 Å². The Bertz CT molecular complexity index is 444. The lowest BCUT2D eigenvalue weighted by molar-refractivity contribution is 0.555. The van der Waals surface area contributed by atoms with E-state index in [-0.39, 0.29) is 0 Å². The van der Waals surface area contributed by atoms with Crippen molar-refractivity contribution in [3.8, 4) is 0 Å². The fraction of sp³-hybridized carbons (Fsp3) is 0.444. The molecule has 0 saturated carbocycles. The molecule has 0 aliphatic carbocycles. The molecule has 0 amide bonds. The Morgan fingerprint density at radius 1 is 1.32 bits per heavy atom. The second-order valence-electron chi connectivity index (χ2n) is 5.74. The molecule has 19 heavy (non-hydrogen) atoms. The van der Waals surface area contributed by atoms with E-state index in [1.165, 1.54) is 29.7 Å². The van der Waals surface area contributed by atoms with Gasteiger partial charge in [-0.05, 0) is 51.7 Å². The van der Waals surface area contributed by atoms with E-state index in [1.807, 2.05) is 0 Å². The molecule has 1 heterocycles. The summed E-state index contributed by atoms with van der Waals surface area (Å²) < 4.78 is 0. The van der Waals surface area contributed by atoms with Crippen LogP contribution in [0.25, 0.3) is 0 Å². The van der Waals surface area contributed by atoms with Crippen molar-refractivity contribution in [3.05, 3.63) is 54.1 Å². The maximum absolute atomic E-state index is 4.11. The first kappa shape index (κ1) is 13.9. The van der Waals surface area contributed by atoms with E-state index in [0.29, 0.717) is 6.04 Å². The van der Waals surface area contributed by atoms with Gasteiger partial charge >= 0.3 is 0 Å². The lowest BCUT2D eigenvalue weighted by Gasteiger charge is -2.35. The summed E-state index contributed by atoms with van der Waals surface area (Å²) in [7, 11) is 0. The van der Waals surface area contributed by atoms with Crippen LogP contribution in [0.15, 0.2) is 54.1 Å². The smallest absolute Gasteiger partial charge is 0.0368 e. The Morgan fingerprint density at radius 3 is 2.74 bits per heavy atom. The van der Waals surface area contributed by atoms with Gasteiger partial charge < -0.3 is 4.90 Å². The molecule has 0 radical (unpaired) electrons. The van der Waals surface area contributed by atoms with Gasteiger partial charge in [0.1, 0.15) is 0 Å². The van der Waals surface area contributed by atoms with Gasteiger partial charge in [0.25, 0.3) is 0 Å². The molecular weight excluding hydrogens is 230 g/mol. The number of rotatable bonds is 3. The second-order valence-corrected chi connectivity index (χ2v) is 5.74. The summed E-state index contributed by atoms with van der Waals surface area (Å²) in [6.07, 6.45) is 7.09. The monoisotopic (exact) mass is 255 g/mol. The maximum Gasteiger partial charge on any atom is 0.0368 e. The summed E-state index contributed by atoms with van der Waals surface area (Å²) in [6.45, 7) is 9.66. The van der Waals surface area contributed by atoms with E-state index in [0.717, 1.165) is 19.4 Å². The first-order valence-corrected chi connectivity index (χ1v) is 7.28. The van der Waals surface area contributed by atoms with Crippen LogP contribution < -0.4 is 4.90 Å². The van der Waals surface area contributed by atoms with Crippen LogP contribution >= 0.6 is 0 Å². The molecule has 1 aromatic carbocycles. The molecule has 1 aliphatic rings. The highest BCUT2D eigenvalue weighted by atomic mass is 15.2. The molecule has 0 bridgehead atoms. The molecule has 2 rings (SSSR count). The number of anilines is 1. The molecule has 0 spiro atoms. The average molecular weight is 255 g/mol. The van der Waals surface area contributed by atoms with Crippen molar-refractivity contribution in [1.29, 1.82) is 0 Å². The van der Waals surface area contributed by atoms with Gasteiger partial charge in [-0.3, -0.25) is 0 Å². The Morgan fingerprint density at radius 2 is 2.05 bits per heavy atom. The third-order valence-electron chi connectivity index (χ3n) is 3.77. The molecule has 102 valence electrons. The Balaban J connectivity index is 2.25. The van der Waals surface area contributed by atoms with Gasteiger partial charge in [0.15, 0.2) is 0 Å². The fourth-order valence-corrected chi connectivity index (χ4v) is 2.90. The van der Waals surface area contributed by atoms with Crippen LogP contribution in [0.5, 0.6) is 0 Å². The van der Waals surface area contributed by atoms with Crippen molar-refractivity contribution in [2.75, 3.05) is 11.4 Å². The van der Waals surface area contributed by atoms with Crippen LogP contribution in [0.4, 0.5) is 5.69 Å². The number of hydrogen-bond acceptors (Lipinski definition) is 1. The standard InChI is InChI=1S/C18H25N/c1-15(2)13-18-14-16(3)9-7-8-12-19(18)17-10-5-4-6-11-17/h4-6,9-11,18H,1,7-8,12-14H2,2-3H3/b16-9-/t18-/m0/s1. The molecule has 1 atom stereocenters. The summed E-state index contributed by atoms with van der Waals surface area (Å²) in [6, 6.07) is 11.4. The van der Waals surface area contributed by atoms with Crippen molar-refractivity contribution in [2.24, 2.45) is 0 Å². The molecule has 1 aliphatic heterocycles. The molecule has 0 unspecified atom stereocenters. The molecule has 0 N–H and O–H groups in total. The summed E-state index contributed by atoms with van der Waals surface area (Å²) >= 11 is 0. The topological polar surface area (TPSA) is 3.24 Å². The third kappa shape index (κ3) is 3.99. The molecule has 0 aromatic heterocycles. The zero-order chi connectivity index (χ0) is 13.7. The Labute approximate surface area is 117 Å². The van der Waals surface area contributed by atoms with Crippen molar-refractivity contribution in [3.63, 3.8) is 0 Å². The van der Waals surface area contributed by atoms with Gasteiger partial charge in [-0.1, -0.05) is 35.4 Å². The highest BCUT2D eigenvalue weighted by Gasteiger charge is 2.20. The summed E-state index contributed by atoms with van der Waals surface area (Å²) in [5.41, 5.74) is 4.15. The van der Waals surface area contributed by atoms with Crippen LogP contribution in [0.2, 0.25) is 0 Å². The molecule has 1 heteroatoms. The molecule has 1 nitrogen and oxygen atoms in total. The number of para-hydroxylation sites is 1. The molecule has 0 saturated heterocycles. The Hall–Kier alpha value is -1.50.